The maximum absolute atomic E-state index is 6.13. The summed E-state index contributed by atoms with van der Waals surface area (Å²) in [6.45, 7) is 4.09. The molecule has 4 aromatic rings. The van der Waals surface area contributed by atoms with Crippen LogP contribution in [0.5, 0.6) is 0 Å². The molecule has 0 radical (unpaired) electrons. The van der Waals surface area contributed by atoms with Crippen molar-refractivity contribution in [3.63, 3.8) is 0 Å². The largest absolute Gasteiger partial charge is 0.436 e. The van der Waals surface area contributed by atoms with E-state index in [1.807, 2.05) is 37.4 Å². The number of nitrogen functional groups attached to an aromatic ring is 1. The predicted molar refractivity (Wildman–Crippen MR) is 109 cm³/mol. The molecule has 5 rings (SSSR count). The van der Waals surface area contributed by atoms with Gasteiger partial charge in [-0.25, -0.2) is 9.97 Å². The Morgan fingerprint density at radius 3 is 2.86 bits per heavy atom. The molecule has 7 nitrogen and oxygen atoms in total. The number of aromatic nitrogens is 4. The number of pyridine rings is 1. The molecule has 0 atom stereocenters. The SMILES string of the molecule is Cc1ccc2nc(-c3cc(-c4cnn(C5CCNCC5)c4)cnc3N)oc2c1. The average molecular weight is 374 g/mol. The zero-order chi connectivity index (χ0) is 19.1. The van der Waals surface area contributed by atoms with Crippen LogP contribution in [0.3, 0.4) is 0 Å². The van der Waals surface area contributed by atoms with E-state index in [2.05, 4.69) is 31.3 Å². The van der Waals surface area contributed by atoms with Crippen LogP contribution in [0.4, 0.5) is 5.82 Å². The van der Waals surface area contributed by atoms with Crippen molar-refractivity contribution in [3.05, 3.63) is 48.4 Å². The summed E-state index contributed by atoms with van der Waals surface area (Å²) in [5, 5.41) is 7.96. The number of hydrogen-bond donors (Lipinski definition) is 2. The summed E-state index contributed by atoms with van der Waals surface area (Å²) in [4.78, 5) is 8.96. The number of nitrogens with one attached hydrogen (secondary N) is 1. The van der Waals surface area contributed by atoms with Gasteiger partial charge in [-0.1, -0.05) is 6.07 Å². The van der Waals surface area contributed by atoms with E-state index in [4.69, 9.17) is 10.2 Å². The first kappa shape index (κ1) is 16.9. The molecule has 1 saturated heterocycles. The molecule has 1 aliphatic heterocycles. The molecule has 0 aliphatic carbocycles. The third-order valence-electron chi connectivity index (χ3n) is 5.31. The van der Waals surface area contributed by atoms with Gasteiger partial charge < -0.3 is 15.5 Å². The van der Waals surface area contributed by atoms with Gasteiger partial charge in [0.05, 0.1) is 17.8 Å². The van der Waals surface area contributed by atoms with Crippen LogP contribution in [-0.2, 0) is 0 Å². The first-order chi connectivity index (χ1) is 13.7. The number of nitrogens with zero attached hydrogens (tertiary/aromatic N) is 4. The van der Waals surface area contributed by atoms with Gasteiger partial charge >= 0.3 is 0 Å². The van der Waals surface area contributed by atoms with Gasteiger partial charge in [-0.05, 0) is 56.6 Å². The maximum Gasteiger partial charge on any atom is 0.231 e. The summed E-state index contributed by atoms with van der Waals surface area (Å²) in [7, 11) is 0. The number of oxazole rings is 1. The minimum absolute atomic E-state index is 0.401. The number of fused-ring (bicyclic) bond motifs is 1. The number of hydrogen-bond acceptors (Lipinski definition) is 6. The fourth-order valence-electron chi connectivity index (χ4n) is 3.71. The van der Waals surface area contributed by atoms with E-state index in [0.717, 1.165) is 53.7 Å². The number of anilines is 1. The molecular weight excluding hydrogens is 352 g/mol. The van der Waals surface area contributed by atoms with E-state index < -0.39 is 0 Å². The summed E-state index contributed by atoms with van der Waals surface area (Å²) < 4.78 is 8.01. The molecule has 1 aromatic carbocycles. The third kappa shape index (κ3) is 3.03. The van der Waals surface area contributed by atoms with Crippen LogP contribution >= 0.6 is 0 Å². The summed E-state index contributed by atoms with van der Waals surface area (Å²) in [5.41, 5.74) is 11.5. The standard InChI is InChI=1S/C21H22N6O/c1-13-2-3-18-19(8-13)28-21(26-18)17-9-14(10-24-20(17)22)15-11-25-27(12-15)16-4-6-23-7-5-16/h2-3,8-12,16,23H,4-7H2,1H3,(H2,22,24). The summed E-state index contributed by atoms with van der Waals surface area (Å²) >= 11 is 0. The van der Waals surface area contributed by atoms with E-state index in [9.17, 15) is 0 Å². The molecule has 0 spiro atoms. The first-order valence-corrected chi connectivity index (χ1v) is 9.56. The van der Waals surface area contributed by atoms with Crippen molar-refractivity contribution in [2.75, 3.05) is 18.8 Å². The molecule has 3 aromatic heterocycles. The van der Waals surface area contributed by atoms with Gasteiger partial charge in [0.25, 0.3) is 0 Å². The topological polar surface area (TPSA) is 94.8 Å². The molecular formula is C21H22N6O. The summed E-state index contributed by atoms with van der Waals surface area (Å²) in [5.74, 6) is 0.885. The van der Waals surface area contributed by atoms with Gasteiger partial charge in [0.2, 0.25) is 5.89 Å². The summed E-state index contributed by atoms with van der Waals surface area (Å²) in [6.07, 6.45) is 7.93. The maximum atomic E-state index is 6.13. The fourth-order valence-corrected chi connectivity index (χ4v) is 3.71. The normalized spacial score (nSPS) is 15.3. The number of nitrogens with two attached hydrogens (primary N) is 1. The number of rotatable bonds is 3. The average Bonchev–Trinajstić information content (AvgIpc) is 3.36. The van der Waals surface area contributed by atoms with Crippen LogP contribution in [0.2, 0.25) is 0 Å². The van der Waals surface area contributed by atoms with Crippen LogP contribution in [0.25, 0.3) is 33.7 Å². The van der Waals surface area contributed by atoms with Gasteiger partial charge in [-0.3, -0.25) is 4.68 Å². The van der Waals surface area contributed by atoms with Crippen molar-refractivity contribution in [1.82, 2.24) is 25.1 Å². The molecule has 0 amide bonds. The van der Waals surface area contributed by atoms with Crippen molar-refractivity contribution in [3.8, 4) is 22.6 Å². The Kier molecular flexibility index (Phi) is 4.09. The van der Waals surface area contributed by atoms with E-state index >= 15 is 0 Å². The Morgan fingerprint density at radius 1 is 1.14 bits per heavy atom. The highest BCUT2D eigenvalue weighted by Gasteiger charge is 2.18. The lowest BCUT2D eigenvalue weighted by Gasteiger charge is -2.22. The number of benzene rings is 1. The second-order valence-corrected chi connectivity index (χ2v) is 7.34. The monoisotopic (exact) mass is 374 g/mol. The fraction of sp³-hybridized carbons (Fsp3) is 0.286. The molecule has 0 unspecified atom stereocenters. The van der Waals surface area contributed by atoms with Gasteiger partial charge in [0, 0.05) is 23.5 Å². The minimum Gasteiger partial charge on any atom is -0.436 e. The van der Waals surface area contributed by atoms with Crippen LogP contribution in [0, 0.1) is 6.92 Å². The Balaban J connectivity index is 1.51. The number of piperidine rings is 1. The van der Waals surface area contributed by atoms with Gasteiger partial charge in [-0.2, -0.15) is 5.10 Å². The lowest BCUT2D eigenvalue weighted by molar-refractivity contribution is 0.343. The molecule has 1 aliphatic rings. The lowest BCUT2D eigenvalue weighted by atomic mass is 10.1. The summed E-state index contributed by atoms with van der Waals surface area (Å²) in [6, 6.07) is 8.36. The van der Waals surface area contributed by atoms with Crippen molar-refractivity contribution in [1.29, 1.82) is 0 Å². The highest BCUT2D eigenvalue weighted by molar-refractivity contribution is 5.81. The Hall–Kier alpha value is -3.19. The zero-order valence-corrected chi connectivity index (χ0v) is 15.7. The molecule has 3 N–H and O–H groups in total. The van der Waals surface area contributed by atoms with Crippen LogP contribution in [0.15, 0.2) is 47.3 Å². The van der Waals surface area contributed by atoms with E-state index in [1.165, 1.54) is 0 Å². The van der Waals surface area contributed by atoms with Crippen molar-refractivity contribution < 1.29 is 4.42 Å². The Bertz CT molecular complexity index is 1140. The Labute approximate surface area is 162 Å². The zero-order valence-electron chi connectivity index (χ0n) is 15.7. The molecule has 0 bridgehead atoms. The third-order valence-corrected chi connectivity index (χ3v) is 5.31. The molecule has 4 heterocycles. The second-order valence-electron chi connectivity index (χ2n) is 7.34. The van der Waals surface area contributed by atoms with Crippen LogP contribution in [-0.4, -0.2) is 32.8 Å². The van der Waals surface area contributed by atoms with Crippen molar-refractivity contribution >= 4 is 16.9 Å². The van der Waals surface area contributed by atoms with Crippen molar-refractivity contribution in [2.24, 2.45) is 0 Å². The smallest absolute Gasteiger partial charge is 0.231 e. The highest BCUT2D eigenvalue weighted by atomic mass is 16.3. The lowest BCUT2D eigenvalue weighted by Crippen LogP contribution is -2.29. The van der Waals surface area contributed by atoms with Crippen LogP contribution < -0.4 is 11.1 Å². The van der Waals surface area contributed by atoms with E-state index in [1.54, 1.807) is 6.20 Å². The van der Waals surface area contributed by atoms with Crippen molar-refractivity contribution in [2.45, 2.75) is 25.8 Å². The highest BCUT2D eigenvalue weighted by Crippen LogP contribution is 2.32. The van der Waals surface area contributed by atoms with E-state index in [0.29, 0.717) is 23.3 Å². The van der Waals surface area contributed by atoms with E-state index in [-0.39, 0.29) is 0 Å². The number of aryl methyl sites for hydroxylation is 1. The van der Waals surface area contributed by atoms with Gasteiger partial charge in [-0.15, -0.1) is 0 Å². The molecule has 28 heavy (non-hydrogen) atoms. The quantitative estimate of drug-likeness (QED) is 0.569. The van der Waals surface area contributed by atoms with Gasteiger partial charge in [0.1, 0.15) is 11.3 Å². The molecule has 1 fully saturated rings. The molecule has 7 heteroatoms. The minimum atomic E-state index is 0.401. The Morgan fingerprint density at radius 2 is 2.00 bits per heavy atom. The van der Waals surface area contributed by atoms with Crippen LogP contribution in [0.1, 0.15) is 24.4 Å². The predicted octanol–water partition coefficient (Wildman–Crippen LogP) is 3.57. The first-order valence-electron chi connectivity index (χ1n) is 9.56. The molecule has 142 valence electrons. The van der Waals surface area contributed by atoms with Gasteiger partial charge in [0.15, 0.2) is 5.58 Å². The molecule has 0 saturated carbocycles. The second kappa shape index (κ2) is 6.76.